The largest absolute Gasteiger partial charge is 0.345 e. The molecule has 6 rings (SSSR count). The van der Waals surface area contributed by atoms with E-state index in [0.29, 0.717) is 6.04 Å². The number of pyridine rings is 1. The molecule has 0 radical (unpaired) electrons. The molecule has 0 saturated carbocycles. The normalized spacial score (nSPS) is 13.9. The van der Waals surface area contributed by atoms with E-state index in [4.69, 9.17) is 4.98 Å². The van der Waals surface area contributed by atoms with E-state index in [0.717, 1.165) is 47.2 Å². The van der Waals surface area contributed by atoms with Crippen LogP contribution in [0, 0.1) is 0 Å². The summed E-state index contributed by atoms with van der Waals surface area (Å²) in [5.41, 5.74) is 8.38. The number of nitrogens with one attached hydrogen (secondary N) is 2. The Balaban J connectivity index is 1.31. The maximum Gasteiger partial charge on any atom is 0.0931 e. The summed E-state index contributed by atoms with van der Waals surface area (Å²) in [4.78, 5) is 12.4. The maximum absolute atomic E-state index is 4.87. The second-order valence-electron chi connectivity index (χ2n) is 8.05. The molecule has 0 spiro atoms. The van der Waals surface area contributed by atoms with Crippen molar-refractivity contribution in [3.8, 4) is 11.1 Å². The van der Waals surface area contributed by atoms with E-state index in [1.54, 1.807) is 6.33 Å². The first-order chi connectivity index (χ1) is 14.8. The van der Waals surface area contributed by atoms with Crippen LogP contribution in [0.2, 0.25) is 0 Å². The molecule has 0 amide bonds. The highest BCUT2D eigenvalue weighted by Gasteiger charge is 2.20. The molecule has 4 heteroatoms. The molecular formula is C26H22N4. The van der Waals surface area contributed by atoms with Crippen molar-refractivity contribution in [2.45, 2.75) is 25.4 Å². The second kappa shape index (κ2) is 7.08. The first-order valence-electron chi connectivity index (χ1n) is 10.5. The van der Waals surface area contributed by atoms with Crippen molar-refractivity contribution < 1.29 is 0 Å². The number of benzene rings is 3. The lowest BCUT2D eigenvalue weighted by Gasteiger charge is -2.15. The van der Waals surface area contributed by atoms with E-state index < -0.39 is 0 Å². The Morgan fingerprint density at radius 2 is 1.63 bits per heavy atom. The quantitative estimate of drug-likeness (QED) is 0.452. The number of imidazole rings is 1. The van der Waals surface area contributed by atoms with Gasteiger partial charge >= 0.3 is 0 Å². The summed E-state index contributed by atoms with van der Waals surface area (Å²) >= 11 is 0. The minimum Gasteiger partial charge on any atom is -0.345 e. The molecule has 146 valence electrons. The average Bonchev–Trinajstić information content (AvgIpc) is 3.43. The van der Waals surface area contributed by atoms with Gasteiger partial charge in [0.05, 0.1) is 23.1 Å². The minimum absolute atomic E-state index is 0.477. The SMILES string of the molecule is c1ccc2c(c1)CC(NCc1ncc(-c3ccc4nc[nH]c4c3)c3ccccc13)C2. The highest BCUT2D eigenvalue weighted by atomic mass is 14.9. The highest BCUT2D eigenvalue weighted by molar-refractivity contribution is 5.98. The van der Waals surface area contributed by atoms with Crippen molar-refractivity contribution >= 4 is 21.8 Å². The molecule has 0 fully saturated rings. The third kappa shape index (κ3) is 2.97. The number of hydrogen-bond acceptors (Lipinski definition) is 3. The van der Waals surface area contributed by atoms with Crippen molar-refractivity contribution in [1.29, 1.82) is 0 Å². The van der Waals surface area contributed by atoms with Crippen LogP contribution in [-0.2, 0) is 19.4 Å². The molecular weight excluding hydrogens is 368 g/mol. The van der Waals surface area contributed by atoms with E-state index >= 15 is 0 Å². The molecule has 0 saturated heterocycles. The zero-order valence-corrected chi connectivity index (χ0v) is 16.6. The van der Waals surface area contributed by atoms with Crippen molar-refractivity contribution in [2.24, 2.45) is 0 Å². The summed E-state index contributed by atoms with van der Waals surface area (Å²) in [6.45, 7) is 0.777. The lowest BCUT2D eigenvalue weighted by atomic mass is 9.98. The third-order valence-corrected chi connectivity index (χ3v) is 6.22. The van der Waals surface area contributed by atoms with Crippen LogP contribution < -0.4 is 5.32 Å². The Morgan fingerprint density at radius 3 is 2.47 bits per heavy atom. The predicted molar refractivity (Wildman–Crippen MR) is 121 cm³/mol. The van der Waals surface area contributed by atoms with E-state index in [1.807, 2.05) is 6.20 Å². The fourth-order valence-corrected chi connectivity index (χ4v) is 4.67. The van der Waals surface area contributed by atoms with E-state index in [-0.39, 0.29) is 0 Å². The van der Waals surface area contributed by atoms with Crippen LogP contribution in [0.1, 0.15) is 16.8 Å². The van der Waals surface area contributed by atoms with Crippen molar-refractivity contribution in [3.63, 3.8) is 0 Å². The number of hydrogen-bond donors (Lipinski definition) is 2. The molecule has 0 aliphatic heterocycles. The van der Waals surface area contributed by atoms with Gasteiger partial charge in [-0.25, -0.2) is 4.98 Å². The third-order valence-electron chi connectivity index (χ3n) is 6.22. The lowest BCUT2D eigenvalue weighted by Crippen LogP contribution is -2.29. The van der Waals surface area contributed by atoms with Crippen LogP contribution in [0.3, 0.4) is 0 Å². The van der Waals surface area contributed by atoms with Crippen LogP contribution in [-0.4, -0.2) is 21.0 Å². The maximum atomic E-state index is 4.87. The van der Waals surface area contributed by atoms with Gasteiger partial charge in [0.25, 0.3) is 0 Å². The summed E-state index contributed by atoms with van der Waals surface area (Å²) in [5, 5.41) is 6.19. The highest BCUT2D eigenvalue weighted by Crippen LogP contribution is 2.31. The van der Waals surface area contributed by atoms with Gasteiger partial charge in [-0.05, 0) is 47.1 Å². The van der Waals surface area contributed by atoms with Gasteiger partial charge in [-0.15, -0.1) is 0 Å². The van der Waals surface area contributed by atoms with E-state index in [1.165, 1.54) is 21.9 Å². The Bertz CT molecular complexity index is 1340. The molecule has 2 N–H and O–H groups in total. The Morgan fingerprint density at radius 1 is 0.867 bits per heavy atom. The summed E-state index contributed by atoms with van der Waals surface area (Å²) in [6.07, 6.45) is 5.94. The standard InChI is InChI=1S/C26H22N4/c1-2-6-18-12-20(11-17(18)5-1)27-15-26-22-8-4-3-7-21(22)23(14-28-26)19-9-10-24-25(13-19)30-16-29-24/h1-10,13-14,16,20,27H,11-12,15H2,(H,29,30). The van der Waals surface area contributed by atoms with Crippen LogP contribution >= 0.6 is 0 Å². The number of nitrogens with zero attached hydrogens (tertiary/aromatic N) is 2. The number of fused-ring (bicyclic) bond motifs is 3. The molecule has 4 nitrogen and oxygen atoms in total. The minimum atomic E-state index is 0.477. The van der Waals surface area contributed by atoms with Gasteiger partial charge in [0.1, 0.15) is 0 Å². The predicted octanol–water partition coefficient (Wildman–Crippen LogP) is 5.04. The van der Waals surface area contributed by atoms with Gasteiger partial charge in [0, 0.05) is 29.7 Å². The first-order valence-corrected chi connectivity index (χ1v) is 10.5. The van der Waals surface area contributed by atoms with Gasteiger partial charge in [0.2, 0.25) is 0 Å². The molecule has 0 unspecified atom stereocenters. The molecule has 2 heterocycles. The Kier molecular flexibility index (Phi) is 4.10. The molecule has 1 aliphatic carbocycles. The number of rotatable bonds is 4. The Labute approximate surface area is 175 Å². The second-order valence-corrected chi connectivity index (χ2v) is 8.05. The number of H-pyrrole nitrogens is 1. The lowest BCUT2D eigenvalue weighted by molar-refractivity contribution is 0.529. The van der Waals surface area contributed by atoms with Crippen molar-refractivity contribution in [1.82, 2.24) is 20.3 Å². The van der Waals surface area contributed by atoms with Gasteiger partial charge in [-0.1, -0.05) is 54.6 Å². The monoisotopic (exact) mass is 390 g/mol. The molecule has 0 bridgehead atoms. The summed E-state index contributed by atoms with van der Waals surface area (Å²) in [7, 11) is 0. The summed E-state index contributed by atoms with van der Waals surface area (Å²) < 4.78 is 0. The van der Waals surface area contributed by atoms with Gasteiger partial charge in [0.15, 0.2) is 0 Å². The van der Waals surface area contributed by atoms with Crippen LogP contribution in [0.15, 0.2) is 79.3 Å². The molecule has 0 atom stereocenters. The molecule has 5 aromatic rings. The molecule has 2 aromatic heterocycles. The van der Waals surface area contributed by atoms with Gasteiger partial charge in [-0.3, -0.25) is 4.98 Å². The topological polar surface area (TPSA) is 53.6 Å². The van der Waals surface area contributed by atoms with Gasteiger partial charge in [-0.2, -0.15) is 0 Å². The molecule has 1 aliphatic rings. The smallest absolute Gasteiger partial charge is 0.0931 e. The van der Waals surface area contributed by atoms with Crippen molar-refractivity contribution in [2.75, 3.05) is 0 Å². The summed E-state index contributed by atoms with van der Waals surface area (Å²) in [5.74, 6) is 0. The molecule has 30 heavy (non-hydrogen) atoms. The van der Waals surface area contributed by atoms with E-state index in [2.05, 4.69) is 82.0 Å². The summed E-state index contributed by atoms with van der Waals surface area (Å²) in [6, 6.07) is 24.1. The van der Waals surface area contributed by atoms with Crippen LogP contribution in [0.25, 0.3) is 32.9 Å². The van der Waals surface area contributed by atoms with Crippen LogP contribution in [0.4, 0.5) is 0 Å². The van der Waals surface area contributed by atoms with Crippen molar-refractivity contribution in [3.05, 3.63) is 96.1 Å². The number of aromatic nitrogens is 3. The zero-order valence-electron chi connectivity index (χ0n) is 16.6. The fourth-order valence-electron chi connectivity index (χ4n) is 4.67. The molecule has 3 aromatic carbocycles. The fraction of sp³-hybridized carbons (Fsp3) is 0.154. The Hall–Kier alpha value is -3.50. The zero-order chi connectivity index (χ0) is 19.9. The van der Waals surface area contributed by atoms with E-state index in [9.17, 15) is 0 Å². The average molecular weight is 390 g/mol. The first kappa shape index (κ1) is 17.4. The number of aromatic amines is 1. The van der Waals surface area contributed by atoms with Crippen LogP contribution in [0.5, 0.6) is 0 Å². The van der Waals surface area contributed by atoms with Gasteiger partial charge < -0.3 is 10.3 Å².